The van der Waals surface area contributed by atoms with E-state index in [1.165, 1.54) is 5.69 Å². The third kappa shape index (κ3) is 2.99. The average Bonchev–Trinajstić information content (AvgIpc) is 2.83. The van der Waals surface area contributed by atoms with Crippen molar-refractivity contribution in [3.05, 3.63) is 46.6 Å². The SMILES string of the molecule is Cc1c([C@H]2CCOCC2C)[nH]c(N)c1/C=C(\N)c1ccccc1O. The molecule has 1 aliphatic rings. The molecule has 128 valence electrons. The fourth-order valence-electron chi connectivity index (χ4n) is 3.47. The third-order valence-electron chi connectivity index (χ3n) is 4.89. The van der Waals surface area contributed by atoms with Gasteiger partial charge in [0.25, 0.3) is 0 Å². The van der Waals surface area contributed by atoms with Crippen molar-refractivity contribution in [3.8, 4) is 5.75 Å². The van der Waals surface area contributed by atoms with Crippen molar-refractivity contribution < 1.29 is 9.84 Å². The Labute approximate surface area is 142 Å². The molecule has 0 spiro atoms. The van der Waals surface area contributed by atoms with E-state index in [2.05, 4.69) is 18.8 Å². The smallest absolute Gasteiger partial charge is 0.124 e. The second-order valence-corrected chi connectivity index (χ2v) is 6.56. The Hall–Kier alpha value is -2.40. The van der Waals surface area contributed by atoms with Gasteiger partial charge in [0.1, 0.15) is 11.6 Å². The second kappa shape index (κ2) is 6.61. The van der Waals surface area contributed by atoms with Crippen molar-refractivity contribution in [1.82, 2.24) is 4.98 Å². The van der Waals surface area contributed by atoms with Crippen LogP contribution in [0.1, 0.15) is 41.6 Å². The molecule has 5 heteroatoms. The number of rotatable bonds is 3. The number of phenols is 1. The molecule has 1 aromatic heterocycles. The molecule has 5 nitrogen and oxygen atoms in total. The number of ether oxygens (including phenoxy) is 1. The molecule has 0 bridgehead atoms. The van der Waals surface area contributed by atoms with E-state index in [0.717, 1.165) is 30.8 Å². The van der Waals surface area contributed by atoms with Gasteiger partial charge in [-0.1, -0.05) is 19.1 Å². The molecule has 1 saturated heterocycles. The van der Waals surface area contributed by atoms with Crippen molar-refractivity contribution in [2.45, 2.75) is 26.2 Å². The van der Waals surface area contributed by atoms with Crippen LogP contribution in [-0.4, -0.2) is 23.3 Å². The highest BCUT2D eigenvalue weighted by molar-refractivity contribution is 5.85. The maximum atomic E-state index is 9.97. The van der Waals surface area contributed by atoms with Crippen LogP contribution in [0.25, 0.3) is 11.8 Å². The monoisotopic (exact) mass is 327 g/mol. The highest BCUT2D eigenvalue weighted by Gasteiger charge is 2.27. The number of anilines is 1. The summed E-state index contributed by atoms with van der Waals surface area (Å²) in [6, 6.07) is 7.03. The summed E-state index contributed by atoms with van der Waals surface area (Å²) in [6.45, 7) is 5.81. The number of hydrogen-bond donors (Lipinski definition) is 4. The van der Waals surface area contributed by atoms with Crippen molar-refractivity contribution in [2.24, 2.45) is 11.7 Å². The Morgan fingerprint density at radius 2 is 2.12 bits per heavy atom. The zero-order valence-corrected chi connectivity index (χ0v) is 14.2. The fraction of sp³-hybridized carbons (Fsp3) is 0.368. The van der Waals surface area contributed by atoms with Crippen molar-refractivity contribution in [2.75, 3.05) is 18.9 Å². The summed E-state index contributed by atoms with van der Waals surface area (Å²) < 4.78 is 5.54. The molecule has 1 aromatic carbocycles. The van der Waals surface area contributed by atoms with E-state index in [9.17, 15) is 5.11 Å². The van der Waals surface area contributed by atoms with E-state index in [0.29, 0.717) is 28.9 Å². The molecular weight excluding hydrogens is 302 g/mol. The van der Waals surface area contributed by atoms with Gasteiger partial charge in [-0.05, 0) is 43.0 Å². The molecule has 0 radical (unpaired) electrons. The zero-order valence-electron chi connectivity index (χ0n) is 14.2. The van der Waals surface area contributed by atoms with Crippen LogP contribution in [0.4, 0.5) is 5.82 Å². The number of nitrogens with two attached hydrogens (primary N) is 2. The van der Waals surface area contributed by atoms with Crippen LogP contribution >= 0.6 is 0 Å². The van der Waals surface area contributed by atoms with Crippen LogP contribution in [-0.2, 0) is 4.74 Å². The summed E-state index contributed by atoms with van der Waals surface area (Å²) in [7, 11) is 0. The summed E-state index contributed by atoms with van der Waals surface area (Å²) >= 11 is 0. The molecule has 2 atom stereocenters. The zero-order chi connectivity index (χ0) is 17.3. The van der Waals surface area contributed by atoms with Gasteiger partial charge in [-0.3, -0.25) is 0 Å². The lowest BCUT2D eigenvalue weighted by Crippen LogP contribution is -2.24. The van der Waals surface area contributed by atoms with Crippen molar-refractivity contribution in [1.29, 1.82) is 0 Å². The van der Waals surface area contributed by atoms with Gasteiger partial charge in [-0.15, -0.1) is 0 Å². The molecule has 1 aliphatic heterocycles. The Morgan fingerprint density at radius 3 is 2.83 bits per heavy atom. The molecule has 0 amide bonds. The molecule has 2 heterocycles. The largest absolute Gasteiger partial charge is 0.507 e. The predicted octanol–water partition coefficient (Wildman–Crippen LogP) is 3.21. The minimum atomic E-state index is 0.163. The summed E-state index contributed by atoms with van der Waals surface area (Å²) in [5.41, 5.74) is 16.7. The first-order valence-corrected chi connectivity index (χ1v) is 8.30. The second-order valence-electron chi connectivity index (χ2n) is 6.56. The van der Waals surface area contributed by atoms with Gasteiger partial charge in [0.2, 0.25) is 0 Å². The molecule has 0 aliphatic carbocycles. The molecule has 1 unspecified atom stereocenters. The van der Waals surface area contributed by atoms with Crippen molar-refractivity contribution in [3.63, 3.8) is 0 Å². The molecule has 6 N–H and O–H groups in total. The summed E-state index contributed by atoms with van der Waals surface area (Å²) in [4.78, 5) is 3.34. The van der Waals surface area contributed by atoms with E-state index in [1.54, 1.807) is 18.2 Å². The lowest BCUT2D eigenvalue weighted by Gasteiger charge is -2.28. The molecule has 3 rings (SSSR count). The Kier molecular flexibility index (Phi) is 4.53. The molecule has 2 aromatic rings. The standard InChI is InChI=1S/C19H25N3O2/c1-11-10-24-8-7-13(11)18-12(2)15(19(21)22-18)9-16(20)14-5-3-4-6-17(14)23/h3-6,9,11,13,22-23H,7-8,10,20-21H2,1-2H3/b16-9-/t11?,13-/m0/s1. The Bertz CT molecular complexity index is 764. The normalized spacial score (nSPS) is 21.8. The highest BCUT2D eigenvalue weighted by atomic mass is 16.5. The van der Waals surface area contributed by atoms with E-state index in [1.807, 2.05) is 12.1 Å². The van der Waals surface area contributed by atoms with E-state index < -0.39 is 0 Å². The van der Waals surface area contributed by atoms with Gasteiger partial charge in [0, 0.05) is 41.6 Å². The maximum absolute atomic E-state index is 9.97. The van der Waals surface area contributed by atoms with E-state index in [-0.39, 0.29) is 5.75 Å². The number of benzene rings is 1. The van der Waals surface area contributed by atoms with Crippen molar-refractivity contribution >= 4 is 17.6 Å². The quantitative estimate of drug-likeness (QED) is 0.696. The lowest BCUT2D eigenvalue weighted by atomic mass is 9.85. The molecular formula is C19H25N3O2. The minimum absolute atomic E-state index is 0.163. The number of aromatic hydroxyl groups is 1. The van der Waals surface area contributed by atoms with Crippen LogP contribution < -0.4 is 11.5 Å². The first-order valence-electron chi connectivity index (χ1n) is 8.30. The number of nitrogen functional groups attached to an aromatic ring is 1. The average molecular weight is 327 g/mol. The van der Waals surface area contributed by atoms with Gasteiger partial charge in [-0.2, -0.15) is 0 Å². The molecule has 0 saturated carbocycles. The number of aromatic amines is 1. The first kappa shape index (κ1) is 16.5. The van der Waals surface area contributed by atoms with Crippen LogP contribution in [0.3, 0.4) is 0 Å². The maximum Gasteiger partial charge on any atom is 0.124 e. The first-order chi connectivity index (χ1) is 11.5. The van der Waals surface area contributed by atoms with Gasteiger partial charge >= 0.3 is 0 Å². The minimum Gasteiger partial charge on any atom is -0.507 e. The van der Waals surface area contributed by atoms with Gasteiger partial charge in [0.05, 0.1) is 0 Å². The van der Waals surface area contributed by atoms with Crippen LogP contribution in [0.5, 0.6) is 5.75 Å². The topological polar surface area (TPSA) is 97.3 Å². The van der Waals surface area contributed by atoms with E-state index in [4.69, 9.17) is 16.2 Å². The van der Waals surface area contributed by atoms with Crippen LogP contribution in [0.15, 0.2) is 24.3 Å². The third-order valence-corrected chi connectivity index (χ3v) is 4.89. The summed E-state index contributed by atoms with van der Waals surface area (Å²) in [5.74, 6) is 1.63. The predicted molar refractivity (Wildman–Crippen MR) is 97.4 cm³/mol. The number of aromatic nitrogens is 1. The van der Waals surface area contributed by atoms with Gasteiger partial charge in [-0.25, -0.2) is 0 Å². The highest BCUT2D eigenvalue weighted by Crippen LogP contribution is 2.37. The number of phenolic OH excluding ortho intramolecular Hbond substituents is 1. The van der Waals surface area contributed by atoms with Gasteiger partial charge < -0.3 is 26.3 Å². The van der Waals surface area contributed by atoms with Crippen LogP contribution in [0, 0.1) is 12.8 Å². The number of H-pyrrole nitrogens is 1. The Morgan fingerprint density at radius 1 is 1.38 bits per heavy atom. The lowest BCUT2D eigenvalue weighted by molar-refractivity contribution is 0.0463. The summed E-state index contributed by atoms with van der Waals surface area (Å²) in [6.07, 6.45) is 2.82. The molecule has 1 fully saturated rings. The number of nitrogens with one attached hydrogen (secondary N) is 1. The van der Waals surface area contributed by atoms with Gasteiger partial charge in [0.15, 0.2) is 0 Å². The Balaban J connectivity index is 1.97. The van der Waals surface area contributed by atoms with Crippen LogP contribution in [0.2, 0.25) is 0 Å². The molecule has 24 heavy (non-hydrogen) atoms. The van der Waals surface area contributed by atoms with E-state index >= 15 is 0 Å². The number of para-hydroxylation sites is 1. The summed E-state index contributed by atoms with van der Waals surface area (Å²) in [5, 5.41) is 9.97. The number of hydrogen-bond acceptors (Lipinski definition) is 4. The fourth-order valence-corrected chi connectivity index (χ4v) is 3.47.